The van der Waals surface area contributed by atoms with Crippen LogP contribution in [0.2, 0.25) is 5.02 Å². The first-order valence-electron chi connectivity index (χ1n) is 9.79. The molecule has 1 aliphatic heterocycles. The molecule has 9 heteroatoms. The number of para-hydroxylation sites is 1. The Labute approximate surface area is 194 Å². The van der Waals surface area contributed by atoms with Crippen LogP contribution in [0.5, 0.6) is 0 Å². The van der Waals surface area contributed by atoms with Crippen molar-refractivity contribution in [2.24, 2.45) is 0 Å². The second-order valence-corrected chi connectivity index (χ2v) is 7.99. The van der Waals surface area contributed by atoms with Crippen LogP contribution in [0.3, 0.4) is 0 Å². The largest absolute Gasteiger partial charge is 0.383 e. The van der Waals surface area contributed by atoms with Crippen LogP contribution in [0.25, 0.3) is 17.0 Å². The minimum Gasteiger partial charge on any atom is -0.383 e. The summed E-state index contributed by atoms with van der Waals surface area (Å²) in [6.45, 7) is 0.691. The highest BCUT2D eigenvalue weighted by atomic mass is 35.5. The van der Waals surface area contributed by atoms with Crippen molar-refractivity contribution in [2.75, 3.05) is 20.3 Å². The molecule has 0 unspecified atom stereocenters. The van der Waals surface area contributed by atoms with Crippen LogP contribution in [-0.2, 0) is 20.9 Å². The number of benzene rings is 2. The fourth-order valence-electron chi connectivity index (χ4n) is 3.61. The molecule has 1 N–H and O–H groups in total. The number of amides is 2. The van der Waals surface area contributed by atoms with Gasteiger partial charge in [0.15, 0.2) is 5.11 Å². The Balaban J connectivity index is 1.76. The molecule has 2 aromatic carbocycles. The van der Waals surface area contributed by atoms with Gasteiger partial charge in [0.25, 0.3) is 11.8 Å². The van der Waals surface area contributed by atoms with Crippen LogP contribution in [0.4, 0.5) is 4.39 Å². The van der Waals surface area contributed by atoms with Gasteiger partial charge in [-0.3, -0.25) is 19.8 Å². The number of rotatable bonds is 6. The van der Waals surface area contributed by atoms with Crippen molar-refractivity contribution in [3.05, 3.63) is 76.2 Å². The number of fused-ring (bicyclic) bond motifs is 1. The first-order valence-corrected chi connectivity index (χ1v) is 10.6. The van der Waals surface area contributed by atoms with Crippen molar-refractivity contribution in [1.82, 2.24) is 14.8 Å². The zero-order valence-corrected chi connectivity index (χ0v) is 18.7. The number of nitrogens with one attached hydrogen (secondary N) is 1. The van der Waals surface area contributed by atoms with Crippen LogP contribution < -0.4 is 5.32 Å². The van der Waals surface area contributed by atoms with Crippen LogP contribution in [0.15, 0.2) is 54.2 Å². The van der Waals surface area contributed by atoms with Crippen molar-refractivity contribution < 1.29 is 18.7 Å². The number of carbonyl (C=O) groups is 2. The molecule has 0 saturated carbocycles. The third-order valence-corrected chi connectivity index (χ3v) is 5.89. The lowest BCUT2D eigenvalue weighted by Crippen LogP contribution is -2.54. The molecule has 6 nitrogen and oxygen atoms in total. The summed E-state index contributed by atoms with van der Waals surface area (Å²) in [4.78, 5) is 26.8. The number of nitrogens with zero attached hydrogens (tertiary/aromatic N) is 2. The van der Waals surface area contributed by atoms with Gasteiger partial charge in [-0.25, -0.2) is 4.39 Å². The second kappa shape index (κ2) is 9.20. The van der Waals surface area contributed by atoms with E-state index < -0.39 is 17.6 Å². The van der Waals surface area contributed by atoms with E-state index in [0.29, 0.717) is 16.1 Å². The molecule has 2 amide bonds. The van der Waals surface area contributed by atoms with E-state index in [4.69, 9.17) is 28.6 Å². The average molecular weight is 472 g/mol. The average Bonchev–Trinajstić information content (AvgIpc) is 3.11. The van der Waals surface area contributed by atoms with Gasteiger partial charge in [0.05, 0.1) is 19.7 Å². The molecule has 4 rings (SSSR count). The Morgan fingerprint density at radius 1 is 1.19 bits per heavy atom. The molecule has 1 aromatic heterocycles. The van der Waals surface area contributed by atoms with Crippen LogP contribution in [-0.4, -0.2) is 46.7 Å². The van der Waals surface area contributed by atoms with E-state index in [-0.39, 0.29) is 30.4 Å². The number of ether oxygens (including phenoxy) is 1. The lowest BCUT2D eigenvalue weighted by atomic mass is 10.1. The number of thiocarbonyl (C=S) groups is 1. The summed E-state index contributed by atoms with van der Waals surface area (Å²) in [6.07, 6.45) is 3.30. The van der Waals surface area contributed by atoms with E-state index in [1.165, 1.54) is 24.2 Å². The smallest absolute Gasteiger partial charge is 0.265 e. The number of aromatic nitrogens is 1. The summed E-state index contributed by atoms with van der Waals surface area (Å²) < 4.78 is 21.2. The fraction of sp³-hybridized carbons (Fsp3) is 0.174. The summed E-state index contributed by atoms with van der Waals surface area (Å²) in [5.41, 5.74) is 1.78. The van der Waals surface area contributed by atoms with Gasteiger partial charge >= 0.3 is 0 Å². The van der Waals surface area contributed by atoms with Gasteiger partial charge in [-0.2, -0.15) is 0 Å². The molecular formula is C23H19ClFN3O3S. The number of hydrogen-bond donors (Lipinski definition) is 1. The van der Waals surface area contributed by atoms with Crippen LogP contribution in [0, 0.1) is 5.82 Å². The predicted octanol–water partition coefficient (Wildman–Crippen LogP) is 3.76. The van der Waals surface area contributed by atoms with E-state index in [2.05, 4.69) is 5.32 Å². The Hall–Kier alpha value is -3.07. The van der Waals surface area contributed by atoms with Gasteiger partial charge < -0.3 is 9.30 Å². The normalized spacial score (nSPS) is 15.7. The lowest BCUT2D eigenvalue weighted by Gasteiger charge is -2.28. The minimum atomic E-state index is -0.567. The highest BCUT2D eigenvalue weighted by molar-refractivity contribution is 7.80. The number of carbonyl (C=O) groups excluding carboxylic acids is 2. The lowest BCUT2D eigenvalue weighted by molar-refractivity contribution is -0.129. The standard InChI is InChI=1S/C23H19ClFN3O3S/c1-31-10-9-28-22(30)16(21(29)26-23(28)32)11-14-12-27(20-8-3-2-5-15(14)20)13-17-18(24)6-4-7-19(17)25/h2-8,11-12H,9-10,13H2,1H3,(H,26,29,32). The summed E-state index contributed by atoms with van der Waals surface area (Å²) in [5.74, 6) is -1.47. The molecule has 32 heavy (non-hydrogen) atoms. The molecule has 164 valence electrons. The maximum absolute atomic E-state index is 14.4. The van der Waals surface area contributed by atoms with Crippen molar-refractivity contribution >= 4 is 57.7 Å². The van der Waals surface area contributed by atoms with Crippen LogP contribution >= 0.6 is 23.8 Å². The van der Waals surface area contributed by atoms with E-state index >= 15 is 0 Å². The third-order valence-electron chi connectivity index (χ3n) is 5.21. The molecule has 0 aliphatic carbocycles. The Morgan fingerprint density at radius 3 is 2.72 bits per heavy atom. The van der Waals surface area contributed by atoms with E-state index in [1.807, 2.05) is 28.8 Å². The SMILES string of the molecule is COCCN1C(=O)C(=Cc2cn(Cc3c(F)cccc3Cl)c3ccccc23)C(=O)NC1=S. The maximum atomic E-state index is 14.4. The van der Waals surface area contributed by atoms with E-state index in [9.17, 15) is 14.0 Å². The second-order valence-electron chi connectivity index (χ2n) is 7.20. The summed E-state index contributed by atoms with van der Waals surface area (Å²) in [7, 11) is 1.52. The Kier molecular flexibility index (Phi) is 6.36. The van der Waals surface area contributed by atoms with Crippen molar-refractivity contribution in [1.29, 1.82) is 0 Å². The molecule has 1 aliphatic rings. The quantitative estimate of drug-likeness (QED) is 0.338. The summed E-state index contributed by atoms with van der Waals surface area (Å²) in [6, 6.07) is 12.0. The topological polar surface area (TPSA) is 63.6 Å². The first kappa shape index (κ1) is 22.1. The molecule has 0 bridgehead atoms. The molecule has 1 saturated heterocycles. The van der Waals surface area contributed by atoms with Gasteiger partial charge in [-0.15, -0.1) is 0 Å². The number of halogens is 2. The fourth-order valence-corrected chi connectivity index (χ4v) is 4.10. The third kappa shape index (κ3) is 4.17. The molecule has 3 aromatic rings. The van der Waals surface area contributed by atoms with Crippen LogP contribution in [0.1, 0.15) is 11.1 Å². The molecule has 1 fully saturated rings. The summed E-state index contributed by atoms with van der Waals surface area (Å²) >= 11 is 11.3. The highest BCUT2D eigenvalue weighted by Gasteiger charge is 2.33. The van der Waals surface area contributed by atoms with Gasteiger partial charge in [-0.05, 0) is 36.5 Å². The number of hydrogen-bond acceptors (Lipinski definition) is 4. The van der Waals surface area contributed by atoms with Crippen molar-refractivity contribution in [2.45, 2.75) is 6.54 Å². The maximum Gasteiger partial charge on any atom is 0.265 e. The van der Waals surface area contributed by atoms with E-state index in [1.54, 1.807) is 18.3 Å². The minimum absolute atomic E-state index is 0.0402. The number of methoxy groups -OCH3 is 1. The predicted molar refractivity (Wildman–Crippen MR) is 125 cm³/mol. The Bertz CT molecular complexity index is 1250. The molecule has 0 spiro atoms. The monoisotopic (exact) mass is 471 g/mol. The molecule has 0 atom stereocenters. The molecular weight excluding hydrogens is 453 g/mol. The highest BCUT2D eigenvalue weighted by Crippen LogP contribution is 2.28. The van der Waals surface area contributed by atoms with Gasteiger partial charge in [0, 0.05) is 40.4 Å². The van der Waals surface area contributed by atoms with Gasteiger partial charge in [0.1, 0.15) is 11.4 Å². The van der Waals surface area contributed by atoms with E-state index in [0.717, 1.165) is 10.9 Å². The van der Waals surface area contributed by atoms with Crippen molar-refractivity contribution in [3.63, 3.8) is 0 Å². The Morgan fingerprint density at radius 2 is 1.97 bits per heavy atom. The first-order chi connectivity index (χ1) is 15.4. The van der Waals surface area contributed by atoms with Crippen molar-refractivity contribution in [3.8, 4) is 0 Å². The zero-order chi connectivity index (χ0) is 22.8. The van der Waals surface area contributed by atoms with Gasteiger partial charge in [0.2, 0.25) is 0 Å². The van der Waals surface area contributed by atoms with Gasteiger partial charge in [-0.1, -0.05) is 35.9 Å². The molecule has 2 heterocycles. The zero-order valence-electron chi connectivity index (χ0n) is 17.1. The summed E-state index contributed by atoms with van der Waals surface area (Å²) in [5, 5.41) is 3.73. The molecule has 0 radical (unpaired) electrons.